The highest BCUT2D eigenvalue weighted by Gasteiger charge is 2.47. The lowest BCUT2D eigenvalue weighted by molar-refractivity contribution is 0.0117. The van der Waals surface area contributed by atoms with E-state index in [0.29, 0.717) is 41.3 Å². The van der Waals surface area contributed by atoms with Gasteiger partial charge in [-0.15, -0.1) is 0 Å². The summed E-state index contributed by atoms with van der Waals surface area (Å²) in [7, 11) is 0. The normalized spacial score (nSPS) is 22.9. The van der Waals surface area contributed by atoms with Gasteiger partial charge in [-0.3, -0.25) is 14.3 Å². The van der Waals surface area contributed by atoms with Crippen molar-refractivity contribution in [1.82, 2.24) is 20.0 Å². The van der Waals surface area contributed by atoms with Crippen LogP contribution in [0.1, 0.15) is 52.1 Å². The van der Waals surface area contributed by atoms with Gasteiger partial charge >= 0.3 is 0 Å². The molecule has 1 saturated carbocycles. The van der Waals surface area contributed by atoms with Crippen LogP contribution in [0.25, 0.3) is 0 Å². The third kappa shape index (κ3) is 3.39. The molecule has 1 aromatic heterocycles. The second kappa shape index (κ2) is 7.64. The number of carbonyl (C=O) groups excluding carboxylic acids is 2. The minimum atomic E-state index is -0.470. The van der Waals surface area contributed by atoms with Gasteiger partial charge < -0.3 is 26.8 Å². The number of para-hydroxylation sites is 1. The Balaban J connectivity index is 1.54. The molecule has 0 spiro atoms. The van der Waals surface area contributed by atoms with Gasteiger partial charge in [0.1, 0.15) is 0 Å². The first-order valence-electron chi connectivity index (χ1n) is 10.3. The zero-order chi connectivity index (χ0) is 21.5. The van der Waals surface area contributed by atoms with Crippen molar-refractivity contribution >= 4 is 23.2 Å². The zero-order valence-corrected chi connectivity index (χ0v) is 17.1. The van der Waals surface area contributed by atoms with E-state index in [4.69, 9.17) is 16.6 Å². The van der Waals surface area contributed by atoms with Gasteiger partial charge in [-0.1, -0.05) is 6.07 Å². The van der Waals surface area contributed by atoms with Crippen LogP contribution in [0.15, 0.2) is 24.4 Å². The number of nitrogens with two attached hydrogens (primary N) is 2. The van der Waals surface area contributed by atoms with Gasteiger partial charge in [0.05, 0.1) is 47.4 Å². The summed E-state index contributed by atoms with van der Waals surface area (Å²) in [4.78, 5) is 28.1. The summed E-state index contributed by atoms with van der Waals surface area (Å²) in [6.45, 7) is 2.56. The van der Waals surface area contributed by atoms with Gasteiger partial charge in [-0.2, -0.15) is 5.10 Å². The SMILES string of the molecule is Cc1c(C(=O)NC23CCC(CC2)N(C(=O)c2cccc(N)c2N)C3)cnn1CCO. The Morgan fingerprint density at radius 2 is 2.00 bits per heavy atom. The Morgan fingerprint density at radius 3 is 2.70 bits per heavy atom. The van der Waals surface area contributed by atoms with E-state index in [9.17, 15) is 9.59 Å². The number of anilines is 2. The Hall–Kier alpha value is -3.07. The van der Waals surface area contributed by atoms with Crippen molar-refractivity contribution in [2.45, 2.75) is 50.7 Å². The van der Waals surface area contributed by atoms with Crippen molar-refractivity contribution in [1.29, 1.82) is 0 Å². The summed E-state index contributed by atoms with van der Waals surface area (Å²) in [6.07, 6.45) is 4.84. The Morgan fingerprint density at radius 1 is 1.27 bits per heavy atom. The molecule has 1 aromatic carbocycles. The highest BCUT2D eigenvalue weighted by molar-refractivity contribution is 6.02. The van der Waals surface area contributed by atoms with Gasteiger partial charge in [-0.05, 0) is 44.7 Å². The van der Waals surface area contributed by atoms with Gasteiger partial charge in [0, 0.05) is 18.3 Å². The molecule has 5 rings (SSSR count). The second-order valence-electron chi connectivity index (χ2n) is 8.30. The molecular formula is C21H28N6O3. The number of hydrogen-bond acceptors (Lipinski definition) is 6. The average Bonchev–Trinajstić information content (AvgIpc) is 3.11. The van der Waals surface area contributed by atoms with E-state index >= 15 is 0 Å². The lowest BCUT2D eigenvalue weighted by Gasteiger charge is -2.53. The Bertz CT molecular complexity index is 977. The van der Waals surface area contributed by atoms with Crippen LogP contribution in [0, 0.1) is 6.92 Å². The Kier molecular flexibility index (Phi) is 5.15. The largest absolute Gasteiger partial charge is 0.397 e. The molecule has 9 nitrogen and oxygen atoms in total. The van der Waals surface area contributed by atoms with E-state index in [1.54, 1.807) is 22.9 Å². The molecule has 2 amide bonds. The van der Waals surface area contributed by atoms with Crippen LogP contribution in [0.4, 0.5) is 11.4 Å². The number of nitrogens with zero attached hydrogens (tertiary/aromatic N) is 3. The molecule has 3 aliphatic rings. The first-order chi connectivity index (χ1) is 14.3. The quantitative estimate of drug-likeness (QED) is 0.539. The van der Waals surface area contributed by atoms with E-state index in [1.165, 1.54) is 6.20 Å². The van der Waals surface area contributed by atoms with Crippen molar-refractivity contribution in [3.8, 4) is 0 Å². The molecule has 2 aliphatic heterocycles. The molecule has 3 fully saturated rings. The molecule has 3 heterocycles. The topological polar surface area (TPSA) is 140 Å². The lowest BCUT2D eigenvalue weighted by atomic mass is 9.73. The summed E-state index contributed by atoms with van der Waals surface area (Å²) < 4.78 is 1.61. The van der Waals surface area contributed by atoms with Crippen LogP contribution in [-0.2, 0) is 6.54 Å². The molecule has 0 radical (unpaired) electrons. The first-order valence-corrected chi connectivity index (χ1v) is 10.3. The highest BCUT2D eigenvalue weighted by atomic mass is 16.3. The van der Waals surface area contributed by atoms with Crippen molar-refractivity contribution in [3.63, 3.8) is 0 Å². The number of carbonyl (C=O) groups is 2. The number of aromatic nitrogens is 2. The molecule has 9 heteroatoms. The van der Waals surface area contributed by atoms with Crippen LogP contribution >= 0.6 is 0 Å². The number of fused-ring (bicyclic) bond motifs is 3. The molecule has 0 atom stereocenters. The number of nitrogen functional groups attached to an aromatic ring is 2. The van der Waals surface area contributed by atoms with E-state index in [2.05, 4.69) is 10.4 Å². The highest BCUT2D eigenvalue weighted by Crippen LogP contribution is 2.39. The van der Waals surface area contributed by atoms with Crippen molar-refractivity contribution in [2.24, 2.45) is 0 Å². The number of aliphatic hydroxyl groups excluding tert-OH is 1. The maximum atomic E-state index is 13.2. The maximum absolute atomic E-state index is 13.2. The minimum absolute atomic E-state index is 0.0426. The monoisotopic (exact) mass is 412 g/mol. The summed E-state index contributed by atoms with van der Waals surface area (Å²) in [5.41, 5.74) is 13.8. The number of piperidine rings is 2. The minimum Gasteiger partial charge on any atom is -0.397 e. The van der Waals surface area contributed by atoms with E-state index in [0.717, 1.165) is 25.7 Å². The van der Waals surface area contributed by atoms with E-state index in [1.807, 2.05) is 11.8 Å². The average molecular weight is 412 g/mol. The molecule has 0 unspecified atom stereocenters. The third-order valence-electron chi connectivity index (χ3n) is 6.50. The zero-order valence-electron chi connectivity index (χ0n) is 17.1. The molecule has 2 saturated heterocycles. The predicted molar refractivity (Wildman–Crippen MR) is 113 cm³/mol. The van der Waals surface area contributed by atoms with Gasteiger partial charge in [0.15, 0.2) is 0 Å². The standard InChI is InChI=1S/C21H28N6O3/c1-13-16(11-24-27(13)9-10-28)19(29)25-21-7-5-14(6-8-21)26(12-21)20(30)15-3-2-4-17(22)18(15)23/h2-4,11,14,28H,5-10,12,22-23H2,1H3,(H,25,29). The fraction of sp³-hybridized carbons (Fsp3) is 0.476. The summed E-state index contributed by atoms with van der Waals surface area (Å²) >= 11 is 0. The number of hydrogen-bond donors (Lipinski definition) is 4. The van der Waals surface area contributed by atoms with Crippen LogP contribution in [0.5, 0.6) is 0 Å². The number of rotatable bonds is 5. The number of nitrogens with one attached hydrogen (secondary N) is 1. The maximum Gasteiger partial charge on any atom is 0.256 e. The van der Waals surface area contributed by atoms with Crippen molar-refractivity contribution < 1.29 is 14.7 Å². The summed E-state index contributed by atoms with van der Waals surface area (Å²) in [5.74, 6) is -0.345. The molecule has 1 aliphatic carbocycles. The summed E-state index contributed by atoms with van der Waals surface area (Å²) in [5, 5.41) is 16.5. The molecule has 2 aromatic rings. The summed E-state index contributed by atoms with van der Waals surface area (Å²) in [6, 6.07) is 5.24. The number of aliphatic hydroxyl groups is 1. The molecule has 6 N–H and O–H groups in total. The fourth-order valence-electron chi connectivity index (χ4n) is 4.70. The van der Waals surface area contributed by atoms with Gasteiger partial charge in [0.2, 0.25) is 0 Å². The van der Waals surface area contributed by atoms with E-state index in [-0.39, 0.29) is 24.5 Å². The Labute approximate surface area is 175 Å². The number of amides is 2. The van der Waals surface area contributed by atoms with Crippen LogP contribution < -0.4 is 16.8 Å². The van der Waals surface area contributed by atoms with Crippen molar-refractivity contribution in [2.75, 3.05) is 24.6 Å². The predicted octanol–water partition coefficient (Wildman–Crippen LogP) is 0.915. The van der Waals surface area contributed by atoms with Crippen LogP contribution in [0.3, 0.4) is 0 Å². The smallest absolute Gasteiger partial charge is 0.256 e. The molecular weight excluding hydrogens is 384 g/mol. The van der Waals surface area contributed by atoms with E-state index < -0.39 is 5.54 Å². The second-order valence-corrected chi connectivity index (χ2v) is 8.30. The lowest BCUT2D eigenvalue weighted by Crippen LogP contribution is -2.66. The van der Waals surface area contributed by atoms with Crippen LogP contribution in [0.2, 0.25) is 0 Å². The molecule has 160 valence electrons. The number of benzene rings is 1. The molecule has 2 bridgehead atoms. The van der Waals surface area contributed by atoms with Gasteiger partial charge in [-0.25, -0.2) is 0 Å². The first kappa shape index (κ1) is 20.2. The van der Waals surface area contributed by atoms with Crippen LogP contribution in [-0.4, -0.2) is 56.3 Å². The fourth-order valence-corrected chi connectivity index (χ4v) is 4.70. The molecule has 30 heavy (non-hydrogen) atoms. The van der Waals surface area contributed by atoms with Gasteiger partial charge in [0.25, 0.3) is 11.8 Å². The third-order valence-corrected chi connectivity index (χ3v) is 6.50. The van der Waals surface area contributed by atoms with Crippen molar-refractivity contribution in [3.05, 3.63) is 41.2 Å².